The van der Waals surface area contributed by atoms with E-state index in [0.717, 1.165) is 35.6 Å². The highest BCUT2D eigenvalue weighted by atomic mass is 32.2. The lowest BCUT2D eigenvalue weighted by Gasteiger charge is -2.24. The zero-order valence-electron chi connectivity index (χ0n) is 16.8. The summed E-state index contributed by atoms with van der Waals surface area (Å²) in [6.07, 6.45) is 3.15. The molecule has 1 amide bonds. The number of carbonyl (C=O) groups is 1. The molecule has 0 atom stereocenters. The van der Waals surface area contributed by atoms with Crippen LogP contribution in [0.15, 0.2) is 48.5 Å². The Labute approximate surface area is 171 Å². The van der Waals surface area contributed by atoms with Crippen molar-refractivity contribution in [2.75, 3.05) is 22.4 Å². The fourth-order valence-corrected chi connectivity index (χ4v) is 4.97. The van der Waals surface area contributed by atoms with Crippen molar-refractivity contribution in [3.05, 3.63) is 70.8 Å². The van der Waals surface area contributed by atoms with Gasteiger partial charge in [-0.25, -0.2) is 8.42 Å². The molecule has 0 aliphatic heterocycles. The Hall–Kier alpha value is -2.86. The molecule has 6 heteroatoms. The highest BCUT2D eigenvalue weighted by molar-refractivity contribution is 7.92. The molecule has 0 bridgehead atoms. The van der Waals surface area contributed by atoms with E-state index in [9.17, 15) is 13.2 Å². The Kier molecular flexibility index (Phi) is 4.82. The van der Waals surface area contributed by atoms with Gasteiger partial charge in [0.2, 0.25) is 15.9 Å². The van der Waals surface area contributed by atoms with Gasteiger partial charge in [0.1, 0.15) is 6.54 Å². The standard InChI is InChI=1S/C23H24N2O3S/c1-15-6-4-9-21(16(15)2)25(29(3,27)28)14-22(26)24-20-13-12-18-11-10-17-7-5-8-19(20)23(17)18/h4-9,12-13H,10-11,14H2,1-3H3,(H,24,26). The second-order valence-electron chi connectivity index (χ2n) is 7.65. The summed E-state index contributed by atoms with van der Waals surface area (Å²) in [6, 6.07) is 15.5. The molecule has 29 heavy (non-hydrogen) atoms. The first-order chi connectivity index (χ1) is 13.8. The Morgan fingerprint density at radius 3 is 2.41 bits per heavy atom. The van der Waals surface area contributed by atoms with Crippen molar-refractivity contribution < 1.29 is 13.2 Å². The molecule has 0 unspecified atom stereocenters. The number of hydrogen-bond donors (Lipinski definition) is 1. The van der Waals surface area contributed by atoms with E-state index in [2.05, 4.69) is 11.4 Å². The van der Waals surface area contributed by atoms with Gasteiger partial charge in [0.05, 0.1) is 11.9 Å². The number of nitrogens with zero attached hydrogens (tertiary/aromatic N) is 1. The van der Waals surface area contributed by atoms with Gasteiger partial charge in [0.25, 0.3) is 0 Å². The molecule has 0 spiro atoms. The molecule has 5 nitrogen and oxygen atoms in total. The summed E-state index contributed by atoms with van der Waals surface area (Å²) < 4.78 is 26.0. The van der Waals surface area contributed by atoms with Crippen LogP contribution in [0.25, 0.3) is 10.8 Å². The molecule has 1 N–H and O–H groups in total. The van der Waals surface area contributed by atoms with Crippen molar-refractivity contribution in [3.8, 4) is 0 Å². The Morgan fingerprint density at radius 1 is 1.00 bits per heavy atom. The van der Waals surface area contributed by atoms with E-state index in [1.165, 1.54) is 20.8 Å². The van der Waals surface area contributed by atoms with E-state index in [1.807, 2.05) is 44.2 Å². The van der Waals surface area contributed by atoms with Gasteiger partial charge in [-0.05, 0) is 66.5 Å². The number of sulfonamides is 1. The van der Waals surface area contributed by atoms with Crippen molar-refractivity contribution in [1.82, 2.24) is 0 Å². The van der Waals surface area contributed by atoms with Crippen molar-refractivity contribution in [1.29, 1.82) is 0 Å². The summed E-state index contributed by atoms with van der Waals surface area (Å²) in [4.78, 5) is 12.9. The van der Waals surface area contributed by atoms with Gasteiger partial charge in [-0.15, -0.1) is 0 Å². The quantitative estimate of drug-likeness (QED) is 0.695. The molecule has 3 aromatic rings. The molecule has 3 aromatic carbocycles. The number of aryl methyl sites for hydroxylation is 3. The van der Waals surface area contributed by atoms with Crippen LogP contribution in [0.3, 0.4) is 0 Å². The first-order valence-electron chi connectivity index (χ1n) is 9.63. The number of anilines is 2. The lowest BCUT2D eigenvalue weighted by atomic mass is 10.0. The summed E-state index contributed by atoms with van der Waals surface area (Å²) in [6.45, 7) is 3.52. The fourth-order valence-electron chi connectivity index (χ4n) is 4.06. The monoisotopic (exact) mass is 408 g/mol. The molecule has 0 aromatic heterocycles. The summed E-state index contributed by atoms with van der Waals surface area (Å²) >= 11 is 0. The van der Waals surface area contributed by atoms with E-state index < -0.39 is 10.0 Å². The third-order valence-electron chi connectivity index (χ3n) is 5.68. The largest absolute Gasteiger partial charge is 0.324 e. The van der Waals surface area contributed by atoms with Crippen LogP contribution in [0.5, 0.6) is 0 Å². The van der Waals surface area contributed by atoms with Crippen molar-refractivity contribution in [2.45, 2.75) is 26.7 Å². The molecule has 4 rings (SSSR count). The number of amides is 1. The average molecular weight is 409 g/mol. The van der Waals surface area contributed by atoms with Crippen LogP contribution in [0.1, 0.15) is 22.3 Å². The van der Waals surface area contributed by atoms with Gasteiger partial charge in [-0.1, -0.05) is 36.4 Å². The zero-order valence-corrected chi connectivity index (χ0v) is 17.6. The van der Waals surface area contributed by atoms with Gasteiger partial charge in [0.15, 0.2) is 0 Å². The molecule has 1 aliphatic carbocycles. The van der Waals surface area contributed by atoms with Crippen LogP contribution in [0.2, 0.25) is 0 Å². The maximum Gasteiger partial charge on any atom is 0.245 e. The molecule has 0 heterocycles. The van der Waals surface area contributed by atoms with Crippen LogP contribution in [-0.4, -0.2) is 27.1 Å². The predicted octanol–water partition coefficient (Wildman–Crippen LogP) is 3.96. The van der Waals surface area contributed by atoms with Gasteiger partial charge >= 0.3 is 0 Å². The highest BCUT2D eigenvalue weighted by Gasteiger charge is 2.23. The molecule has 150 valence electrons. The van der Waals surface area contributed by atoms with E-state index in [0.29, 0.717) is 11.4 Å². The van der Waals surface area contributed by atoms with E-state index >= 15 is 0 Å². The molecule has 0 radical (unpaired) electrons. The van der Waals surface area contributed by atoms with E-state index in [-0.39, 0.29) is 12.5 Å². The first kappa shape index (κ1) is 19.5. The van der Waals surface area contributed by atoms with E-state index in [1.54, 1.807) is 12.1 Å². The second kappa shape index (κ2) is 7.19. The topological polar surface area (TPSA) is 66.5 Å². The average Bonchev–Trinajstić information content (AvgIpc) is 3.09. The lowest BCUT2D eigenvalue weighted by molar-refractivity contribution is -0.114. The van der Waals surface area contributed by atoms with Crippen LogP contribution in [-0.2, 0) is 27.7 Å². The van der Waals surface area contributed by atoms with Crippen molar-refractivity contribution in [3.63, 3.8) is 0 Å². The maximum atomic E-state index is 12.9. The SMILES string of the molecule is Cc1cccc(N(CC(=O)Nc2ccc3c4c(cccc24)CC3)S(C)(=O)=O)c1C. The van der Waals surface area contributed by atoms with Gasteiger partial charge < -0.3 is 5.32 Å². The summed E-state index contributed by atoms with van der Waals surface area (Å²) in [7, 11) is -3.62. The normalized spacial score (nSPS) is 12.9. The Bertz CT molecular complexity index is 1220. The number of carbonyl (C=O) groups excluding carboxylic acids is 1. The first-order valence-corrected chi connectivity index (χ1v) is 11.5. The second-order valence-corrected chi connectivity index (χ2v) is 9.56. The van der Waals surface area contributed by atoms with Crippen molar-refractivity contribution in [2.24, 2.45) is 0 Å². The lowest BCUT2D eigenvalue weighted by Crippen LogP contribution is -2.38. The van der Waals surface area contributed by atoms with Crippen LogP contribution >= 0.6 is 0 Å². The molecule has 1 aliphatic rings. The van der Waals surface area contributed by atoms with Gasteiger partial charge in [-0.3, -0.25) is 9.10 Å². The molecule has 0 saturated heterocycles. The zero-order chi connectivity index (χ0) is 20.8. The molecular weight excluding hydrogens is 384 g/mol. The summed E-state index contributed by atoms with van der Waals surface area (Å²) in [5.74, 6) is -0.366. The minimum atomic E-state index is -3.62. The number of benzene rings is 3. The smallest absolute Gasteiger partial charge is 0.245 e. The van der Waals surface area contributed by atoms with Gasteiger partial charge in [-0.2, -0.15) is 0 Å². The maximum absolute atomic E-state index is 12.9. The minimum absolute atomic E-state index is 0.272. The number of hydrogen-bond acceptors (Lipinski definition) is 3. The van der Waals surface area contributed by atoms with Crippen molar-refractivity contribution >= 4 is 38.1 Å². The third kappa shape index (κ3) is 3.60. The Balaban J connectivity index is 1.65. The Morgan fingerprint density at radius 2 is 1.69 bits per heavy atom. The molecule has 0 fully saturated rings. The van der Waals surface area contributed by atoms with Gasteiger partial charge in [0, 0.05) is 11.1 Å². The highest BCUT2D eigenvalue weighted by Crippen LogP contribution is 2.35. The third-order valence-corrected chi connectivity index (χ3v) is 6.81. The molecular formula is C23H24N2O3S. The molecule has 0 saturated carbocycles. The summed E-state index contributed by atoms with van der Waals surface area (Å²) in [5, 5.41) is 5.14. The fraction of sp³-hybridized carbons (Fsp3) is 0.261. The predicted molar refractivity (Wildman–Crippen MR) is 118 cm³/mol. The van der Waals surface area contributed by atoms with Crippen LogP contribution < -0.4 is 9.62 Å². The summed E-state index contributed by atoms with van der Waals surface area (Å²) in [5.41, 5.74) is 5.65. The van der Waals surface area contributed by atoms with Crippen LogP contribution in [0, 0.1) is 13.8 Å². The number of rotatable bonds is 5. The number of nitrogens with one attached hydrogen (secondary N) is 1. The van der Waals surface area contributed by atoms with Crippen LogP contribution in [0.4, 0.5) is 11.4 Å². The minimum Gasteiger partial charge on any atom is -0.324 e. The van der Waals surface area contributed by atoms with E-state index in [4.69, 9.17) is 0 Å².